The van der Waals surface area contributed by atoms with Crippen LogP contribution < -0.4 is 16.0 Å². The number of anilines is 2. The molecule has 0 fully saturated rings. The quantitative estimate of drug-likeness (QED) is 0.514. The molecule has 0 saturated carbocycles. The summed E-state index contributed by atoms with van der Waals surface area (Å²) >= 11 is 0. The summed E-state index contributed by atoms with van der Waals surface area (Å²) in [5.74, 6) is -0.437. The van der Waals surface area contributed by atoms with Gasteiger partial charge in [0.05, 0.1) is 17.2 Å². The molecule has 3 aromatic carbocycles. The Morgan fingerprint density at radius 1 is 0.875 bits per heavy atom. The van der Waals surface area contributed by atoms with Gasteiger partial charge in [-0.3, -0.25) is 4.79 Å². The lowest BCUT2D eigenvalue weighted by Crippen LogP contribution is -2.28. The Balaban J connectivity index is 1.60. The maximum Gasteiger partial charge on any atom is 0.416 e. The predicted molar refractivity (Wildman–Crippen MR) is 113 cm³/mol. The van der Waals surface area contributed by atoms with E-state index in [1.165, 1.54) is 24.3 Å². The highest BCUT2D eigenvalue weighted by Gasteiger charge is 2.30. The van der Waals surface area contributed by atoms with E-state index in [-0.39, 0.29) is 12.1 Å². The van der Waals surface area contributed by atoms with Gasteiger partial charge in [0.15, 0.2) is 0 Å². The molecule has 0 aromatic heterocycles. The average molecular weight is 438 g/mol. The summed E-state index contributed by atoms with van der Waals surface area (Å²) in [5, 5.41) is 16.6. The van der Waals surface area contributed by atoms with Crippen molar-refractivity contribution >= 4 is 23.3 Å². The van der Waals surface area contributed by atoms with E-state index in [0.29, 0.717) is 22.5 Å². The van der Waals surface area contributed by atoms with E-state index in [1.54, 1.807) is 36.4 Å². The Morgan fingerprint density at radius 2 is 1.56 bits per heavy atom. The van der Waals surface area contributed by atoms with E-state index in [1.807, 2.05) is 6.07 Å². The fraction of sp³-hybridized carbons (Fsp3) is 0.0870. The third-order valence-corrected chi connectivity index (χ3v) is 4.34. The summed E-state index contributed by atoms with van der Waals surface area (Å²) in [4.78, 5) is 24.6. The first-order valence-corrected chi connectivity index (χ1v) is 9.37. The Hall–Kier alpha value is -4.32. The van der Waals surface area contributed by atoms with E-state index >= 15 is 0 Å². The zero-order valence-electron chi connectivity index (χ0n) is 16.5. The van der Waals surface area contributed by atoms with Gasteiger partial charge in [0.1, 0.15) is 0 Å². The molecule has 6 nitrogen and oxygen atoms in total. The summed E-state index contributed by atoms with van der Waals surface area (Å²) in [6, 6.07) is 18.6. The fourth-order valence-corrected chi connectivity index (χ4v) is 2.82. The molecular formula is C23H17F3N4O2. The van der Waals surface area contributed by atoms with Crippen molar-refractivity contribution in [1.82, 2.24) is 5.32 Å². The van der Waals surface area contributed by atoms with Gasteiger partial charge < -0.3 is 16.0 Å². The minimum absolute atomic E-state index is 0.106. The number of benzene rings is 3. The summed E-state index contributed by atoms with van der Waals surface area (Å²) in [7, 11) is 0. The van der Waals surface area contributed by atoms with Gasteiger partial charge in [-0.2, -0.15) is 18.4 Å². The number of nitrogens with zero attached hydrogens (tertiary/aromatic N) is 1. The Kier molecular flexibility index (Phi) is 6.75. The highest BCUT2D eigenvalue weighted by molar-refractivity contribution is 6.05. The predicted octanol–water partition coefficient (Wildman–Crippen LogP) is 5.15. The second-order valence-electron chi connectivity index (χ2n) is 6.73. The second kappa shape index (κ2) is 9.66. The van der Waals surface area contributed by atoms with E-state index in [2.05, 4.69) is 16.0 Å². The molecule has 162 valence electrons. The van der Waals surface area contributed by atoms with Crippen LogP contribution >= 0.6 is 0 Å². The number of nitriles is 1. The number of halogens is 3. The Bertz CT molecular complexity index is 1190. The van der Waals surface area contributed by atoms with Gasteiger partial charge in [-0.05, 0) is 54.1 Å². The Labute approximate surface area is 181 Å². The van der Waals surface area contributed by atoms with E-state index in [4.69, 9.17) is 5.26 Å². The number of hydrogen-bond acceptors (Lipinski definition) is 3. The summed E-state index contributed by atoms with van der Waals surface area (Å²) in [6.07, 6.45) is -4.46. The third-order valence-electron chi connectivity index (χ3n) is 4.34. The van der Waals surface area contributed by atoms with Gasteiger partial charge in [-0.25, -0.2) is 4.79 Å². The molecule has 3 N–H and O–H groups in total. The molecule has 9 heteroatoms. The molecule has 0 spiro atoms. The van der Waals surface area contributed by atoms with Crippen molar-refractivity contribution in [1.29, 1.82) is 5.26 Å². The molecular weight excluding hydrogens is 421 g/mol. The highest BCUT2D eigenvalue weighted by Crippen LogP contribution is 2.29. The van der Waals surface area contributed by atoms with Gasteiger partial charge in [0.25, 0.3) is 5.91 Å². The fourth-order valence-electron chi connectivity index (χ4n) is 2.82. The van der Waals surface area contributed by atoms with Gasteiger partial charge in [-0.1, -0.05) is 24.3 Å². The van der Waals surface area contributed by atoms with Crippen LogP contribution in [0.5, 0.6) is 0 Å². The van der Waals surface area contributed by atoms with E-state index < -0.39 is 23.7 Å². The largest absolute Gasteiger partial charge is 0.416 e. The molecule has 0 unspecified atom stereocenters. The number of carbonyl (C=O) groups is 2. The first-order valence-electron chi connectivity index (χ1n) is 9.37. The number of carbonyl (C=O) groups excluding carboxylic acids is 2. The summed E-state index contributed by atoms with van der Waals surface area (Å²) in [5.41, 5.74) is 0.939. The molecule has 3 aromatic rings. The lowest BCUT2D eigenvalue weighted by Gasteiger charge is -2.11. The van der Waals surface area contributed by atoms with Crippen LogP contribution in [0.1, 0.15) is 27.0 Å². The SMILES string of the molecule is N#Cc1cccc(NC(=O)c2cccc(NC(=O)NCc3cccc(C(F)(F)F)c3)c2)c1. The summed E-state index contributed by atoms with van der Waals surface area (Å²) < 4.78 is 38.4. The van der Waals surface area contributed by atoms with Crippen molar-refractivity contribution in [2.45, 2.75) is 12.7 Å². The number of amides is 3. The van der Waals surface area contributed by atoms with Gasteiger partial charge >= 0.3 is 12.2 Å². The van der Waals surface area contributed by atoms with E-state index in [0.717, 1.165) is 12.1 Å². The Morgan fingerprint density at radius 3 is 2.28 bits per heavy atom. The average Bonchev–Trinajstić information content (AvgIpc) is 2.77. The van der Waals surface area contributed by atoms with Crippen LogP contribution in [0.25, 0.3) is 0 Å². The molecule has 0 saturated heterocycles. The molecule has 32 heavy (non-hydrogen) atoms. The zero-order valence-corrected chi connectivity index (χ0v) is 16.5. The first-order chi connectivity index (χ1) is 15.2. The van der Waals surface area contributed by atoms with Crippen LogP contribution in [0.3, 0.4) is 0 Å². The maximum absolute atomic E-state index is 12.8. The molecule has 3 amide bonds. The van der Waals surface area contributed by atoms with Crippen molar-refractivity contribution in [2.24, 2.45) is 0 Å². The van der Waals surface area contributed by atoms with Crippen LogP contribution in [0.15, 0.2) is 72.8 Å². The molecule has 0 radical (unpaired) electrons. The third kappa shape index (κ3) is 6.09. The standard InChI is InChI=1S/C23H17F3N4O2/c24-23(25,26)18-7-1-5-16(10-18)14-28-22(32)30-20-9-3-6-17(12-20)21(31)29-19-8-2-4-15(11-19)13-27/h1-12H,14H2,(H,29,31)(H2,28,30,32). The topological polar surface area (TPSA) is 94.0 Å². The van der Waals surface area contributed by atoms with Gasteiger partial charge in [-0.15, -0.1) is 0 Å². The smallest absolute Gasteiger partial charge is 0.334 e. The molecule has 0 heterocycles. The van der Waals surface area contributed by atoms with Crippen LogP contribution in [-0.2, 0) is 12.7 Å². The molecule has 0 atom stereocenters. The first kappa shape index (κ1) is 22.4. The van der Waals surface area contributed by atoms with Gasteiger partial charge in [0, 0.05) is 23.5 Å². The lowest BCUT2D eigenvalue weighted by molar-refractivity contribution is -0.137. The van der Waals surface area contributed by atoms with Crippen LogP contribution in [0.4, 0.5) is 29.3 Å². The van der Waals surface area contributed by atoms with Crippen molar-refractivity contribution < 1.29 is 22.8 Å². The van der Waals surface area contributed by atoms with Crippen molar-refractivity contribution in [3.63, 3.8) is 0 Å². The normalized spacial score (nSPS) is 10.7. The zero-order chi connectivity index (χ0) is 23.1. The maximum atomic E-state index is 12.8. The highest BCUT2D eigenvalue weighted by atomic mass is 19.4. The second-order valence-corrected chi connectivity index (χ2v) is 6.73. The molecule has 0 aliphatic heterocycles. The van der Waals surface area contributed by atoms with Crippen LogP contribution in [0, 0.1) is 11.3 Å². The molecule has 3 rings (SSSR count). The number of alkyl halides is 3. The molecule has 0 aliphatic rings. The number of urea groups is 1. The van der Waals surface area contributed by atoms with Crippen molar-refractivity contribution in [2.75, 3.05) is 10.6 Å². The molecule has 0 bridgehead atoms. The number of rotatable bonds is 5. The number of hydrogen-bond donors (Lipinski definition) is 3. The number of nitrogens with one attached hydrogen (secondary N) is 3. The monoisotopic (exact) mass is 438 g/mol. The minimum atomic E-state index is -4.46. The van der Waals surface area contributed by atoms with Gasteiger partial charge in [0.2, 0.25) is 0 Å². The van der Waals surface area contributed by atoms with E-state index in [9.17, 15) is 22.8 Å². The van der Waals surface area contributed by atoms with Crippen molar-refractivity contribution in [3.8, 4) is 6.07 Å². The lowest BCUT2D eigenvalue weighted by atomic mass is 10.1. The van der Waals surface area contributed by atoms with Crippen LogP contribution in [0.2, 0.25) is 0 Å². The minimum Gasteiger partial charge on any atom is -0.334 e. The molecule has 0 aliphatic carbocycles. The van der Waals surface area contributed by atoms with Crippen molar-refractivity contribution in [3.05, 3.63) is 95.1 Å². The summed E-state index contributed by atoms with van der Waals surface area (Å²) in [6.45, 7) is -0.106. The van der Waals surface area contributed by atoms with Crippen LogP contribution in [-0.4, -0.2) is 11.9 Å².